The largest absolute Gasteiger partial charge is 0.0874 e. The molecule has 0 fully saturated rings. The fraction of sp³-hybridized carbons (Fsp3) is 0.647. The van der Waals surface area contributed by atoms with Gasteiger partial charge < -0.3 is 0 Å². The van der Waals surface area contributed by atoms with Crippen molar-refractivity contribution < 1.29 is 0 Å². The summed E-state index contributed by atoms with van der Waals surface area (Å²) in [4.78, 5) is 0. The first-order chi connectivity index (χ1) is 8.03. The van der Waals surface area contributed by atoms with Crippen LogP contribution in [0.3, 0.4) is 0 Å². The molecule has 0 saturated heterocycles. The lowest BCUT2D eigenvalue weighted by atomic mass is 10.0. The first-order valence-electron chi connectivity index (χ1n) is 7.03. The second-order valence-corrected chi connectivity index (χ2v) is 4.92. The van der Waals surface area contributed by atoms with Gasteiger partial charge in [0.2, 0.25) is 0 Å². The van der Waals surface area contributed by atoms with Crippen LogP contribution in [-0.2, 0) is 0 Å². The van der Waals surface area contributed by atoms with E-state index in [1.807, 2.05) is 6.92 Å². The molecule has 0 atom stereocenters. The van der Waals surface area contributed by atoms with Gasteiger partial charge in [-0.05, 0) is 38.5 Å². The summed E-state index contributed by atoms with van der Waals surface area (Å²) in [7, 11) is 0. The first kappa shape index (κ1) is 16.2. The van der Waals surface area contributed by atoms with Gasteiger partial charge in [-0.15, -0.1) is 0 Å². The van der Waals surface area contributed by atoms with E-state index in [0.717, 1.165) is 5.92 Å². The van der Waals surface area contributed by atoms with Crippen LogP contribution in [0.25, 0.3) is 0 Å². The smallest absolute Gasteiger partial charge is 0.00159 e. The Labute approximate surface area is 109 Å². The summed E-state index contributed by atoms with van der Waals surface area (Å²) in [6.45, 7) is 15.3. The predicted octanol–water partition coefficient (Wildman–Crippen LogP) is 5.92. The molecule has 1 aliphatic carbocycles. The van der Waals surface area contributed by atoms with E-state index < -0.39 is 0 Å². The maximum atomic E-state index is 2.30. The van der Waals surface area contributed by atoms with Gasteiger partial charge in [-0.3, -0.25) is 0 Å². The third kappa shape index (κ3) is 5.39. The quantitative estimate of drug-likeness (QED) is 0.418. The highest BCUT2D eigenvalue weighted by molar-refractivity contribution is 5.39. The van der Waals surface area contributed by atoms with Crippen LogP contribution in [-0.4, -0.2) is 0 Å². The molecule has 0 nitrogen and oxygen atoms in total. The summed E-state index contributed by atoms with van der Waals surface area (Å²) in [6, 6.07) is 0. The first-order valence-corrected chi connectivity index (χ1v) is 7.03. The van der Waals surface area contributed by atoms with Crippen LogP contribution in [0, 0.1) is 11.8 Å². The lowest BCUT2D eigenvalue weighted by molar-refractivity contribution is 0.789. The Bertz CT molecular complexity index is 286. The molecule has 17 heavy (non-hydrogen) atoms. The highest BCUT2D eigenvalue weighted by Gasteiger charge is 2.27. The van der Waals surface area contributed by atoms with Crippen molar-refractivity contribution in [1.82, 2.24) is 0 Å². The third-order valence-corrected chi connectivity index (χ3v) is 3.50. The average Bonchev–Trinajstić information content (AvgIpc) is 2.96. The monoisotopic (exact) mass is 234 g/mol. The minimum atomic E-state index is 0.659. The van der Waals surface area contributed by atoms with E-state index in [1.54, 1.807) is 11.1 Å². The van der Waals surface area contributed by atoms with Crippen LogP contribution in [0.1, 0.15) is 61.3 Å². The second kappa shape index (κ2) is 8.33. The van der Waals surface area contributed by atoms with E-state index in [2.05, 4.69) is 59.8 Å². The molecule has 0 unspecified atom stereocenters. The highest BCUT2D eigenvalue weighted by atomic mass is 14.3. The van der Waals surface area contributed by atoms with E-state index >= 15 is 0 Å². The molecule has 0 aliphatic heterocycles. The lowest BCUT2D eigenvalue weighted by Crippen LogP contribution is -1.88. The zero-order chi connectivity index (χ0) is 13.4. The summed E-state index contributed by atoms with van der Waals surface area (Å²) in [5, 5.41) is 0. The summed E-state index contributed by atoms with van der Waals surface area (Å²) in [6.07, 6.45) is 8.96. The molecule has 0 aromatic rings. The van der Waals surface area contributed by atoms with Crippen LogP contribution in [0.4, 0.5) is 0 Å². The molecule has 0 saturated carbocycles. The van der Waals surface area contributed by atoms with E-state index in [1.165, 1.54) is 18.4 Å². The van der Waals surface area contributed by atoms with E-state index in [-0.39, 0.29) is 0 Å². The molecular weight excluding hydrogens is 204 g/mol. The fourth-order valence-corrected chi connectivity index (χ4v) is 2.34. The highest BCUT2D eigenvalue weighted by Crippen LogP contribution is 2.42. The van der Waals surface area contributed by atoms with Crippen molar-refractivity contribution in [2.45, 2.75) is 61.3 Å². The van der Waals surface area contributed by atoms with Gasteiger partial charge in [-0.2, -0.15) is 0 Å². The van der Waals surface area contributed by atoms with Gasteiger partial charge in [0.15, 0.2) is 0 Å². The van der Waals surface area contributed by atoms with Gasteiger partial charge >= 0.3 is 0 Å². The molecule has 0 amide bonds. The second-order valence-electron chi connectivity index (χ2n) is 4.92. The minimum Gasteiger partial charge on any atom is -0.0874 e. The molecule has 0 radical (unpaired) electrons. The van der Waals surface area contributed by atoms with Gasteiger partial charge in [0.1, 0.15) is 0 Å². The Morgan fingerprint density at radius 2 is 1.59 bits per heavy atom. The molecule has 0 N–H and O–H groups in total. The van der Waals surface area contributed by atoms with Gasteiger partial charge in [-0.25, -0.2) is 0 Å². The van der Waals surface area contributed by atoms with Gasteiger partial charge in [0, 0.05) is 0 Å². The van der Waals surface area contributed by atoms with Gasteiger partial charge in [0.25, 0.3) is 0 Å². The van der Waals surface area contributed by atoms with Crippen LogP contribution in [0.15, 0.2) is 34.9 Å². The Morgan fingerprint density at radius 1 is 1.12 bits per heavy atom. The molecule has 1 rings (SSSR count). The van der Waals surface area contributed by atoms with Crippen molar-refractivity contribution in [2.75, 3.05) is 0 Å². The van der Waals surface area contributed by atoms with Crippen molar-refractivity contribution in [3.63, 3.8) is 0 Å². The molecule has 0 bridgehead atoms. The minimum absolute atomic E-state index is 0.659. The fourth-order valence-electron chi connectivity index (χ4n) is 2.34. The van der Waals surface area contributed by atoms with Crippen LogP contribution in [0.2, 0.25) is 0 Å². The normalized spacial score (nSPS) is 16.6. The zero-order valence-electron chi connectivity index (χ0n) is 12.8. The summed E-state index contributed by atoms with van der Waals surface area (Å²) < 4.78 is 0. The Hall–Kier alpha value is -0.780. The van der Waals surface area contributed by atoms with Crippen molar-refractivity contribution >= 4 is 0 Å². The number of rotatable bonds is 4. The van der Waals surface area contributed by atoms with Gasteiger partial charge in [0.05, 0.1) is 0 Å². The van der Waals surface area contributed by atoms with E-state index in [4.69, 9.17) is 0 Å². The maximum absolute atomic E-state index is 2.30. The van der Waals surface area contributed by atoms with Gasteiger partial charge in [-0.1, -0.05) is 69.6 Å². The molecular formula is C17H30. The molecule has 1 aliphatic rings. The number of hydrogen-bond donors (Lipinski definition) is 0. The van der Waals surface area contributed by atoms with Crippen LogP contribution < -0.4 is 0 Å². The topological polar surface area (TPSA) is 0 Å². The standard InChI is InChI=1S/C9H16.C8H14/c1-5-7-9(6-2)8(3)4;1-4-7-6(3)8(7)5-2/h5-8H,1-4H3;6H,4-5H2,1-3H3. The summed E-state index contributed by atoms with van der Waals surface area (Å²) in [5.74, 6) is 1.54. The maximum Gasteiger partial charge on any atom is -0.00159 e. The Morgan fingerprint density at radius 3 is 1.71 bits per heavy atom. The molecule has 0 spiro atoms. The van der Waals surface area contributed by atoms with E-state index in [0.29, 0.717) is 5.92 Å². The van der Waals surface area contributed by atoms with Crippen molar-refractivity contribution in [2.24, 2.45) is 11.8 Å². The Kier molecular flexibility index (Phi) is 7.95. The Balaban J connectivity index is 0.000000302. The molecule has 0 aromatic heterocycles. The van der Waals surface area contributed by atoms with Crippen molar-refractivity contribution in [1.29, 1.82) is 0 Å². The number of hydrogen-bond acceptors (Lipinski definition) is 0. The summed E-state index contributed by atoms with van der Waals surface area (Å²) in [5.41, 5.74) is 4.84. The summed E-state index contributed by atoms with van der Waals surface area (Å²) >= 11 is 0. The third-order valence-electron chi connectivity index (χ3n) is 3.50. The van der Waals surface area contributed by atoms with Crippen LogP contribution in [0.5, 0.6) is 0 Å². The van der Waals surface area contributed by atoms with Crippen LogP contribution >= 0.6 is 0 Å². The molecule has 0 heterocycles. The molecule has 98 valence electrons. The lowest BCUT2D eigenvalue weighted by Gasteiger charge is -2.03. The van der Waals surface area contributed by atoms with E-state index in [9.17, 15) is 0 Å². The zero-order valence-corrected chi connectivity index (χ0v) is 12.8. The molecule has 0 aromatic carbocycles. The predicted molar refractivity (Wildman–Crippen MR) is 80.2 cm³/mol. The number of allylic oxidation sites excluding steroid dienone is 6. The average molecular weight is 234 g/mol. The van der Waals surface area contributed by atoms with Crippen molar-refractivity contribution in [3.8, 4) is 0 Å². The molecule has 0 heteroatoms. The SMILES string of the molecule is CC=CC(=CC)C(C)C.CCC1=C(CC)C1C. The van der Waals surface area contributed by atoms with Crippen molar-refractivity contribution in [3.05, 3.63) is 34.9 Å².